The van der Waals surface area contributed by atoms with Gasteiger partial charge in [0.15, 0.2) is 5.96 Å². The van der Waals surface area contributed by atoms with Crippen molar-refractivity contribution in [2.45, 2.75) is 53.2 Å². The second kappa shape index (κ2) is 7.13. The Kier molecular flexibility index (Phi) is 5.45. The van der Waals surface area contributed by atoms with E-state index in [1.54, 1.807) is 0 Å². The summed E-state index contributed by atoms with van der Waals surface area (Å²) in [6.45, 7) is 13.6. The van der Waals surface area contributed by atoms with Crippen LogP contribution < -0.4 is 10.6 Å². The monoisotopic (exact) mass is 307 g/mol. The second-order valence-electron chi connectivity index (χ2n) is 6.50. The Labute approximate surface area is 133 Å². The molecule has 2 atom stereocenters. The van der Waals surface area contributed by atoms with Crippen LogP contribution in [-0.2, 0) is 6.54 Å². The molecule has 1 aromatic rings. The molecule has 1 fully saturated rings. The lowest BCUT2D eigenvalue weighted by molar-refractivity contribution is 0.265. The Bertz CT molecular complexity index is 503. The van der Waals surface area contributed by atoms with Crippen LogP contribution in [0.1, 0.15) is 37.8 Å². The first kappa shape index (κ1) is 16.8. The van der Waals surface area contributed by atoms with Crippen LogP contribution in [-0.4, -0.2) is 48.2 Å². The summed E-state index contributed by atoms with van der Waals surface area (Å²) >= 11 is 0. The van der Waals surface area contributed by atoms with E-state index in [-0.39, 0.29) is 0 Å². The summed E-state index contributed by atoms with van der Waals surface area (Å²) < 4.78 is 5.20. The Balaban J connectivity index is 1.91. The van der Waals surface area contributed by atoms with Crippen molar-refractivity contribution < 1.29 is 4.52 Å². The number of rotatable bonds is 4. The summed E-state index contributed by atoms with van der Waals surface area (Å²) in [7, 11) is 1.81. The molecule has 0 saturated carbocycles. The summed E-state index contributed by atoms with van der Waals surface area (Å²) in [4.78, 5) is 6.84. The lowest BCUT2D eigenvalue weighted by Gasteiger charge is -2.21. The maximum Gasteiger partial charge on any atom is 0.191 e. The molecule has 6 nitrogen and oxygen atoms in total. The quantitative estimate of drug-likeness (QED) is 0.654. The van der Waals surface area contributed by atoms with Crippen LogP contribution >= 0.6 is 0 Å². The molecule has 0 amide bonds. The van der Waals surface area contributed by atoms with Gasteiger partial charge in [0.05, 0.1) is 5.69 Å². The van der Waals surface area contributed by atoms with Crippen LogP contribution in [0.3, 0.4) is 0 Å². The molecule has 0 spiro atoms. The third kappa shape index (κ3) is 3.80. The van der Waals surface area contributed by atoms with Crippen LogP contribution in [0.5, 0.6) is 0 Å². The van der Waals surface area contributed by atoms with Gasteiger partial charge in [-0.05, 0) is 33.6 Å². The van der Waals surface area contributed by atoms with Crippen molar-refractivity contribution >= 4 is 5.96 Å². The summed E-state index contributed by atoms with van der Waals surface area (Å²) in [5, 5.41) is 10.9. The summed E-state index contributed by atoms with van der Waals surface area (Å²) in [6, 6.07) is 1.02. The molecule has 1 aliphatic rings. The van der Waals surface area contributed by atoms with Crippen LogP contribution in [0, 0.1) is 19.8 Å². The first-order chi connectivity index (χ1) is 10.4. The van der Waals surface area contributed by atoms with Gasteiger partial charge in [0.1, 0.15) is 5.76 Å². The topological polar surface area (TPSA) is 65.7 Å². The van der Waals surface area contributed by atoms with Gasteiger partial charge in [-0.15, -0.1) is 0 Å². The van der Waals surface area contributed by atoms with E-state index in [9.17, 15) is 0 Å². The fourth-order valence-corrected chi connectivity index (χ4v) is 2.91. The molecule has 22 heavy (non-hydrogen) atoms. The molecule has 2 N–H and O–H groups in total. The average molecular weight is 307 g/mol. The van der Waals surface area contributed by atoms with E-state index in [1.165, 1.54) is 0 Å². The minimum atomic E-state index is 0.429. The normalized spacial score (nSPS) is 23.3. The molecule has 2 unspecified atom stereocenters. The number of hydrogen-bond donors (Lipinski definition) is 2. The summed E-state index contributed by atoms with van der Waals surface area (Å²) in [5.41, 5.74) is 2.03. The van der Waals surface area contributed by atoms with E-state index in [0.717, 1.165) is 36.1 Å². The molecule has 0 aromatic carbocycles. The zero-order valence-corrected chi connectivity index (χ0v) is 14.6. The first-order valence-electron chi connectivity index (χ1n) is 8.05. The summed E-state index contributed by atoms with van der Waals surface area (Å²) in [5.74, 6) is 2.31. The number of likely N-dealkylation sites (tertiary alicyclic amines) is 1. The van der Waals surface area contributed by atoms with Gasteiger partial charge in [-0.1, -0.05) is 12.1 Å². The SMILES string of the molecule is CN=C(NCc1c(C)noc1C)NC1CN(C(C)C)CC1C. The van der Waals surface area contributed by atoms with Crippen molar-refractivity contribution in [3.63, 3.8) is 0 Å². The van der Waals surface area contributed by atoms with Gasteiger partial charge in [0.2, 0.25) is 0 Å². The van der Waals surface area contributed by atoms with Gasteiger partial charge in [0, 0.05) is 44.3 Å². The van der Waals surface area contributed by atoms with Gasteiger partial charge in [0.25, 0.3) is 0 Å². The highest BCUT2D eigenvalue weighted by Crippen LogP contribution is 2.18. The number of aliphatic imine (C=N–C) groups is 1. The highest BCUT2D eigenvalue weighted by Gasteiger charge is 2.31. The molecule has 1 saturated heterocycles. The van der Waals surface area contributed by atoms with E-state index in [2.05, 4.69) is 46.5 Å². The minimum absolute atomic E-state index is 0.429. The van der Waals surface area contributed by atoms with Crippen molar-refractivity contribution in [3.05, 3.63) is 17.0 Å². The smallest absolute Gasteiger partial charge is 0.191 e. The zero-order valence-electron chi connectivity index (χ0n) is 14.6. The van der Waals surface area contributed by atoms with Crippen LogP contribution in [0.15, 0.2) is 9.52 Å². The maximum atomic E-state index is 5.20. The molecule has 1 aromatic heterocycles. The zero-order chi connectivity index (χ0) is 16.3. The molecule has 1 aliphatic heterocycles. The molecule has 2 heterocycles. The minimum Gasteiger partial charge on any atom is -0.361 e. The highest BCUT2D eigenvalue weighted by molar-refractivity contribution is 5.80. The Morgan fingerprint density at radius 1 is 1.41 bits per heavy atom. The fourth-order valence-electron chi connectivity index (χ4n) is 2.91. The van der Waals surface area contributed by atoms with Gasteiger partial charge < -0.3 is 15.2 Å². The average Bonchev–Trinajstić information content (AvgIpc) is 2.99. The van der Waals surface area contributed by atoms with Crippen LogP contribution in [0.4, 0.5) is 0 Å². The van der Waals surface area contributed by atoms with Crippen molar-refractivity contribution in [1.82, 2.24) is 20.7 Å². The summed E-state index contributed by atoms with van der Waals surface area (Å²) in [6.07, 6.45) is 0. The van der Waals surface area contributed by atoms with E-state index < -0.39 is 0 Å². The van der Waals surface area contributed by atoms with Gasteiger partial charge in [-0.2, -0.15) is 0 Å². The number of aromatic nitrogens is 1. The van der Waals surface area contributed by atoms with Gasteiger partial charge in [-0.3, -0.25) is 9.89 Å². The van der Waals surface area contributed by atoms with E-state index in [4.69, 9.17) is 4.52 Å². The predicted octanol–water partition coefficient (Wildman–Crippen LogP) is 1.69. The Hall–Kier alpha value is -1.56. The highest BCUT2D eigenvalue weighted by atomic mass is 16.5. The fraction of sp³-hybridized carbons (Fsp3) is 0.750. The Morgan fingerprint density at radius 3 is 2.64 bits per heavy atom. The number of nitrogens with one attached hydrogen (secondary N) is 2. The van der Waals surface area contributed by atoms with Crippen LogP contribution in [0.2, 0.25) is 0 Å². The number of aryl methyl sites for hydroxylation is 2. The molecular formula is C16H29N5O. The van der Waals surface area contributed by atoms with E-state index in [0.29, 0.717) is 24.5 Å². The number of guanidine groups is 1. The van der Waals surface area contributed by atoms with Crippen molar-refractivity contribution in [3.8, 4) is 0 Å². The molecule has 0 aliphatic carbocycles. The molecule has 124 valence electrons. The molecule has 0 bridgehead atoms. The van der Waals surface area contributed by atoms with Crippen molar-refractivity contribution in [2.75, 3.05) is 20.1 Å². The molecular weight excluding hydrogens is 278 g/mol. The lowest BCUT2D eigenvalue weighted by Crippen LogP contribution is -2.46. The molecule has 0 radical (unpaired) electrons. The largest absolute Gasteiger partial charge is 0.361 e. The maximum absolute atomic E-state index is 5.20. The third-order valence-corrected chi connectivity index (χ3v) is 4.53. The van der Waals surface area contributed by atoms with Gasteiger partial charge >= 0.3 is 0 Å². The predicted molar refractivity (Wildman–Crippen MR) is 89.0 cm³/mol. The van der Waals surface area contributed by atoms with E-state index in [1.807, 2.05) is 20.9 Å². The van der Waals surface area contributed by atoms with Crippen molar-refractivity contribution in [1.29, 1.82) is 0 Å². The molecule has 2 rings (SSSR count). The third-order valence-electron chi connectivity index (χ3n) is 4.53. The second-order valence-corrected chi connectivity index (χ2v) is 6.50. The van der Waals surface area contributed by atoms with Crippen molar-refractivity contribution in [2.24, 2.45) is 10.9 Å². The van der Waals surface area contributed by atoms with Gasteiger partial charge in [-0.25, -0.2) is 0 Å². The first-order valence-corrected chi connectivity index (χ1v) is 8.05. The lowest BCUT2D eigenvalue weighted by atomic mass is 10.1. The standard InChI is InChI=1S/C16H29N5O/c1-10(2)21-8-11(3)15(9-21)19-16(17-6)18-7-14-12(4)20-22-13(14)5/h10-11,15H,7-9H2,1-6H3,(H2,17,18,19). The molecule has 6 heteroatoms. The Morgan fingerprint density at radius 2 is 2.14 bits per heavy atom. The van der Waals surface area contributed by atoms with E-state index >= 15 is 0 Å². The van der Waals surface area contributed by atoms with Crippen LogP contribution in [0.25, 0.3) is 0 Å². The number of hydrogen-bond acceptors (Lipinski definition) is 4. The number of nitrogens with zero attached hydrogens (tertiary/aromatic N) is 3.